The van der Waals surface area contributed by atoms with E-state index in [-0.39, 0.29) is 11.3 Å². The maximum absolute atomic E-state index is 13.4. The summed E-state index contributed by atoms with van der Waals surface area (Å²) >= 11 is 0. The molecule has 234 valence electrons. The predicted octanol–water partition coefficient (Wildman–Crippen LogP) is 6.87. The zero-order valence-corrected chi connectivity index (χ0v) is 27.1. The second-order valence-corrected chi connectivity index (χ2v) is 12.6. The molecule has 6 nitrogen and oxygen atoms in total. The summed E-state index contributed by atoms with van der Waals surface area (Å²) in [6.45, 7) is 10.3. The van der Waals surface area contributed by atoms with Crippen LogP contribution in [0.25, 0.3) is 0 Å². The quantitative estimate of drug-likeness (QED) is 0.220. The van der Waals surface area contributed by atoms with Crippen LogP contribution in [0.4, 0.5) is 5.69 Å². The average Bonchev–Trinajstić information content (AvgIpc) is 3.09. The number of piperazine rings is 1. The second-order valence-electron chi connectivity index (χ2n) is 12.6. The van der Waals surface area contributed by atoms with Crippen LogP contribution in [0.15, 0.2) is 91.0 Å². The van der Waals surface area contributed by atoms with Gasteiger partial charge in [-0.1, -0.05) is 42.5 Å². The maximum Gasteiger partial charge on any atom is 0.253 e. The van der Waals surface area contributed by atoms with Crippen LogP contribution in [0.2, 0.25) is 0 Å². The minimum atomic E-state index is -0.133. The Balaban J connectivity index is 1.13. The van der Waals surface area contributed by atoms with E-state index in [0.29, 0.717) is 0 Å². The van der Waals surface area contributed by atoms with Crippen molar-refractivity contribution in [3.05, 3.63) is 124 Å². The van der Waals surface area contributed by atoms with Crippen LogP contribution in [0.5, 0.6) is 11.5 Å². The lowest BCUT2D eigenvalue weighted by Crippen LogP contribution is -2.48. The van der Waals surface area contributed by atoms with Crippen molar-refractivity contribution in [1.29, 1.82) is 0 Å². The molecule has 0 aliphatic carbocycles. The third-order valence-corrected chi connectivity index (χ3v) is 9.89. The van der Waals surface area contributed by atoms with Crippen molar-refractivity contribution >= 4 is 11.6 Å². The van der Waals surface area contributed by atoms with Gasteiger partial charge >= 0.3 is 0 Å². The van der Waals surface area contributed by atoms with Crippen LogP contribution in [-0.2, 0) is 12.0 Å². The molecular weight excluding hydrogens is 558 g/mol. The number of amides is 1. The van der Waals surface area contributed by atoms with Crippen molar-refractivity contribution in [3.63, 3.8) is 0 Å². The molecule has 4 aromatic carbocycles. The van der Waals surface area contributed by atoms with Crippen LogP contribution in [0.3, 0.4) is 0 Å². The van der Waals surface area contributed by atoms with Gasteiger partial charge in [-0.2, -0.15) is 0 Å². The molecule has 0 N–H and O–H groups in total. The highest BCUT2D eigenvalue weighted by atomic mass is 16.5. The first-order valence-corrected chi connectivity index (χ1v) is 16.1. The molecule has 2 fully saturated rings. The predicted molar refractivity (Wildman–Crippen MR) is 182 cm³/mol. The summed E-state index contributed by atoms with van der Waals surface area (Å²) in [7, 11) is 3.42. The Morgan fingerprint density at radius 1 is 0.711 bits per heavy atom. The number of nitrogens with zero attached hydrogens (tertiary/aromatic N) is 3. The molecule has 6 rings (SSSR count). The first kappa shape index (κ1) is 30.7. The van der Waals surface area contributed by atoms with Gasteiger partial charge in [-0.05, 0) is 110 Å². The molecule has 2 heterocycles. The molecule has 2 aliphatic heterocycles. The molecule has 0 aromatic heterocycles. The van der Waals surface area contributed by atoms with Gasteiger partial charge < -0.3 is 19.3 Å². The zero-order valence-electron chi connectivity index (χ0n) is 27.1. The van der Waals surface area contributed by atoms with Gasteiger partial charge in [-0.3, -0.25) is 9.69 Å². The van der Waals surface area contributed by atoms with E-state index in [4.69, 9.17) is 9.47 Å². The van der Waals surface area contributed by atoms with Crippen LogP contribution < -0.4 is 14.4 Å². The number of hydrogen-bond acceptors (Lipinski definition) is 5. The monoisotopic (exact) mass is 603 g/mol. The number of piperidine rings is 1. The zero-order chi connectivity index (χ0) is 31.4. The van der Waals surface area contributed by atoms with Crippen molar-refractivity contribution in [2.24, 2.45) is 0 Å². The first-order valence-electron chi connectivity index (χ1n) is 16.1. The standard InChI is InChI=1S/C39H45N3O3/c1-29-6-15-35(26-30(29)2)41-22-24-42(25-23-41)38(43)32-9-7-31(8-10-32)27-40-21-5-20-39(28-40,33-11-16-36(44-3)17-12-33)34-13-18-37(45-4)19-14-34/h6-19,26H,5,20-25,27-28H2,1-4H3. The van der Waals surface area contributed by atoms with Crippen LogP contribution in [0.1, 0.15) is 51.0 Å². The highest BCUT2D eigenvalue weighted by Gasteiger charge is 2.39. The van der Waals surface area contributed by atoms with Crippen molar-refractivity contribution < 1.29 is 14.3 Å². The Labute approximate surface area is 268 Å². The van der Waals surface area contributed by atoms with Crippen LogP contribution >= 0.6 is 0 Å². The average molecular weight is 604 g/mol. The van der Waals surface area contributed by atoms with Crippen molar-refractivity contribution in [1.82, 2.24) is 9.80 Å². The molecule has 0 atom stereocenters. The number of carbonyl (C=O) groups excluding carboxylic acids is 1. The molecule has 0 bridgehead atoms. The summed E-state index contributed by atoms with van der Waals surface area (Å²) in [5.41, 5.74) is 8.33. The lowest BCUT2D eigenvalue weighted by Gasteiger charge is -2.44. The first-order chi connectivity index (χ1) is 21.9. The SMILES string of the molecule is COc1ccc(C2(c3ccc(OC)cc3)CCCN(Cc3ccc(C(=O)N4CCN(c5ccc(C)c(C)c5)CC4)cc3)C2)cc1. The van der Waals surface area contributed by atoms with Crippen LogP contribution in [0, 0.1) is 13.8 Å². The number of aryl methyl sites for hydroxylation is 2. The fraction of sp³-hybridized carbons (Fsp3) is 0.359. The van der Waals surface area contributed by atoms with Crippen molar-refractivity contribution in [2.45, 2.75) is 38.6 Å². The molecule has 45 heavy (non-hydrogen) atoms. The van der Waals surface area contributed by atoms with Gasteiger partial charge in [-0.15, -0.1) is 0 Å². The number of carbonyl (C=O) groups is 1. The highest BCUT2D eigenvalue weighted by molar-refractivity contribution is 5.94. The number of hydrogen-bond donors (Lipinski definition) is 0. The Hall–Kier alpha value is -4.29. The molecule has 0 spiro atoms. The van der Waals surface area contributed by atoms with E-state index in [0.717, 1.165) is 75.7 Å². The molecule has 0 unspecified atom stereocenters. The smallest absolute Gasteiger partial charge is 0.253 e. The van der Waals surface area contributed by atoms with E-state index in [1.54, 1.807) is 14.2 Å². The summed E-state index contributed by atoms with van der Waals surface area (Å²) in [5, 5.41) is 0. The van der Waals surface area contributed by atoms with Gasteiger partial charge in [0.1, 0.15) is 11.5 Å². The fourth-order valence-electron chi connectivity index (χ4n) is 7.02. The minimum Gasteiger partial charge on any atom is -0.497 e. The number of anilines is 1. The van der Waals surface area contributed by atoms with E-state index in [1.165, 1.54) is 33.5 Å². The van der Waals surface area contributed by atoms with Crippen molar-refractivity contribution in [2.75, 3.05) is 58.4 Å². The second kappa shape index (κ2) is 13.4. The number of likely N-dealkylation sites (tertiary alicyclic amines) is 1. The minimum absolute atomic E-state index is 0.122. The van der Waals surface area contributed by atoms with E-state index in [1.807, 2.05) is 17.0 Å². The summed E-state index contributed by atoms with van der Waals surface area (Å²) in [6.07, 6.45) is 2.18. The summed E-state index contributed by atoms with van der Waals surface area (Å²) in [5.74, 6) is 1.86. The summed E-state index contributed by atoms with van der Waals surface area (Å²) in [4.78, 5) is 20.3. The third kappa shape index (κ3) is 6.57. The fourth-order valence-corrected chi connectivity index (χ4v) is 7.02. The topological polar surface area (TPSA) is 45.3 Å². The Morgan fingerprint density at radius 2 is 1.31 bits per heavy atom. The van der Waals surface area contributed by atoms with Crippen LogP contribution in [-0.4, -0.2) is 69.2 Å². The number of benzene rings is 4. The van der Waals surface area contributed by atoms with E-state index < -0.39 is 0 Å². The van der Waals surface area contributed by atoms with Gasteiger partial charge in [0.15, 0.2) is 0 Å². The molecule has 6 heteroatoms. The van der Waals surface area contributed by atoms with Gasteiger partial charge in [-0.25, -0.2) is 0 Å². The molecule has 2 aliphatic rings. The lowest BCUT2D eigenvalue weighted by molar-refractivity contribution is 0.0746. The van der Waals surface area contributed by atoms with Gasteiger partial charge in [0.2, 0.25) is 0 Å². The summed E-state index contributed by atoms with van der Waals surface area (Å²) in [6, 6.07) is 32.1. The van der Waals surface area contributed by atoms with E-state index >= 15 is 0 Å². The Morgan fingerprint density at radius 3 is 1.87 bits per heavy atom. The normalized spacial score (nSPS) is 16.8. The Kier molecular flexibility index (Phi) is 9.13. The van der Waals surface area contributed by atoms with E-state index in [2.05, 4.69) is 103 Å². The number of methoxy groups -OCH3 is 2. The summed E-state index contributed by atoms with van der Waals surface area (Å²) < 4.78 is 10.9. The molecular formula is C39H45N3O3. The van der Waals surface area contributed by atoms with Crippen molar-refractivity contribution in [3.8, 4) is 11.5 Å². The lowest BCUT2D eigenvalue weighted by atomic mass is 9.69. The van der Waals surface area contributed by atoms with E-state index in [9.17, 15) is 4.79 Å². The third-order valence-electron chi connectivity index (χ3n) is 9.89. The van der Waals surface area contributed by atoms with Gasteiger partial charge in [0.25, 0.3) is 5.91 Å². The molecule has 4 aromatic rings. The maximum atomic E-state index is 13.4. The number of rotatable bonds is 8. The molecule has 0 radical (unpaired) electrons. The molecule has 2 saturated heterocycles. The highest BCUT2D eigenvalue weighted by Crippen LogP contribution is 2.42. The number of ether oxygens (including phenoxy) is 2. The van der Waals surface area contributed by atoms with Gasteiger partial charge in [0.05, 0.1) is 14.2 Å². The molecule has 1 amide bonds. The largest absolute Gasteiger partial charge is 0.497 e. The van der Waals surface area contributed by atoms with Gasteiger partial charge in [0, 0.05) is 55.9 Å². The molecule has 0 saturated carbocycles. The Bertz CT molecular complexity index is 1540.